The molecule has 1 saturated heterocycles. The van der Waals surface area contributed by atoms with Crippen LogP contribution < -0.4 is 15.8 Å². The maximum atomic E-state index is 12.2. The monoisotopic (exact) mass is 395 g/mol. The molecule has 0 saturated carbocycles. The summed E-state index contributed by atoms with van der Waals surface area (Å²) in [6, 6.07) is 9.20. The second-order valence-corrected chi connectivity index (χ2v) is 7.32. The number of hydrogen-bond acceptors (Lipinski definition) is 8. The Balaban J connectivity index is 1.48. The summed E-state index contributed by atoms with van der Waals surface area (Å²) < 4.78 is 7.15. The zero-order valence-electron chi connectivity index (χ0n) is 16.8. The Morgan fingerprint density at radius 3 is 2.86 bits per heavy atom. The summed E-state index contributed by atoms with van der Waals surface area (Å²) >= 11 is 0. The first-order valence-corrected chi connectivity index (χ1v) is 9.53. The van der Waals surface area contributed by atoms with Gasteiger partial charge in [0.1, 0.15) is 11.5 Å². The van der Waals surface area contributed by atoms with Crippen molar-refractivity contribution in [2.45, 2.75) is 18.7 Å². The van der Waals surface area contributed by atoms with Crippen molar-refractivity contribution in [3.05, 3.63) is 58.8 Å². The van der Waals surface area contributed by atoms with Crippen molar-refractivity contribution in [2.24, 2.45) is 0 Å². The van der Waals surface area contributed by atoms with E-state index in [0.717, 1.165) is 18.9 Å². The average Bonchev–Trinajstić information content (AvgIpc) is 3.18. The molecule has 152 valence electrons. The van der Waals surface area contributed by atoms with Crippen LogP contribution in [0.5, 0.6) is 0 Å². The van der Waals surface area contributed by atoms with Gasteiger partial charge in [0.2, 0.25) is 5.95 Å². The Bertz CT molecular complexity index is 1050. The SMILES string of the molecule is CO[C@@H]1CN(c2ccnc(NCc3cc(=O)n4ccccc4n3)n2)C[C@@H]1N(C)C. The van der Waals surface area contributed by atoms with E-state index >= 15 is 0 Å². The molecule has 9 heteroatoms. The van der Waals surface area contributed by atoms with E-state index in [4.69, 9.17) is 4.74 Å². The van der Waals surface area contributed by atoms with Crippen LogP contribution in [0.4, 0.5) is 11.8 Å². The van der Waals surface area contributed by atoms with Gasteiger partial charge in [-0.3, -0.25) is 9.20 Å². The maximum absolute atomic E-state index is 12.2. The van der Waals surface area contributed by atoms with Gasteiger partial charge in [-0.1, -0.05) is 6.07 Å². The Morgan fingerprint density at radius 1 is 1.24 bits per heavy atom. The number of hydrogen-bond donors (Lipinski definition) is 1. The third-order valence-corrected chi connectivity index (χ3v) is 5.22. The van der Waals surface area contributed by atoms with Crippen LogP contribution in [0.15, 0.2) is 47.5 Å². The minimum Gasteiger partial charge on any atom is -0.378 e. The van der Waals surface area contributed by atoms with Crippen molar-refractivity contribution >= 4 is 17.4 Å². The molecule has 0 unspecified atom stereocenters. The van der Waals surface area contributed by atoms with E-state index in [-0.39, 0.29) is 11.7 Å². The maximum Gasteiger partial charge on any atom is 0.258 e. The second-order valence-electron chi connectivity index (χ2n) is 7.32. The van der Waals surface area contributed by atoms with Crippen LogP contribution in [0.1, 0.15) is 5.69 Å². The fourth-order valence-corrected chi connectivity index (χ4v) is 3.64. The molecule has 1 N–H and O–H groups in total. The van der Waals surface area contributed by atoms with Gasteiger partial charge in [-0.25, -0.2) is 9.97 Å². The molecule has 0 aromatic carbocycles. The molecule has 29 heavy (non-hydrogen) atoms. The first-order chi connectivity index (χ1) is 14.0. The molecule has 2 atom stereocenters. The summed E-state index contributed by atoms with van der Waals surface area (Å²) in [4.78, 5) is 30.1. The smallest absolute Gasteiger partial charge is 0.258 e. The lowest BCUT2D eigenvalue weighted by Gasteiger charge is -2.23. The fraction of sp³-hybridized carbons (Fsp3) is 0.400. The van der Waals surface area contributed by atoms with Gasteiger partial charge < -0.3 is 19.9 Å². The molecule has 4 heterocycles. The number of pyridine rings is 1. The molecule has 1 aliphatic heterocycles. The van der Waals surface area contributed by atoms with E-state index in [1.165, 1.54) is 10.5 Å². The molecule has 0 bridgehead atoms. The average molecular weight is 395 g/mol. The van der Waals surface area contributed by atoms with E-state index in [1.54, 1.807) is 25.6 Å². The van der Waals surface area contributed by atoms with Gasteiger partial charge in [0.05, 0.1) is 24.4 Å². The first kappa shape index (κ1) is 19.3. The Hall–Kier alpha value is -3.04. The fourth-order valence-electron chi connectivity index (χ4n) is 3.64. The third-order valence-electron chi connectivity index (χ3n) is 5.22. The molecule has 4 rings (SSSR count). The van der Waals surface area contributed by atoms with E-state index in [1.807, 2.05) is 18.2 Å². The van der Waals surface area contributed by atoms with Crippen molar-refractivity contribution in [3.63, 3.8) is 0 Å². The zero-order valence-corrected chi connectivity index (χ0v) is 16.8. The topological polar surface area (TPSA) is 87.9 Å². The van der Waals surface area contributed by atoms with Gasteiger partial charge >= 0.3 is 0 Å². The summed E-state index contributed by atoms with van der Waals surface area (Å²) in [5.74, 6) is 1.35. The molecule has 0 aliphatic carbocycles. The molecule has 1 aliphatic rings. The van der Waals surface area contributed by atoms with Crippen molar-refractivity contribution in [1.29, 1.82) is 0 Å². The minimum absolute atomic E-state index is 0.112. The van der Waals surface area contributed by atoms with Crippen LogP contribution in [-0.4, -0.2) is 70.7 Å². The number of nitrogens with zero attached hydrogens (tertiary/aromatic N) is 6. The van der Waals surface area contributed by atoms with Crippen LogP contribution >= 0.6 is 0 Å². The first-order valence-electron chi connectivity index (χ1n) is 9.53. The normalized spacial score (nSPS) is 19.2. The van der Waals surface area contributed by atoms with Crippen LogP contribution in [0, 0.1) is 0 Å². The predicted molar refractivity (Wildman–Crippen MR) is 111 cm³/mol. The molecule has 9 nitrogen and oxygen atoms in total. The molecule has 3 aromatic heterocycles. The van der Waals surface area contributed by atoms with Gasteiger partial charge in [0.15, 0.2) is 0 Å². The predicted octanol–water partition coefficient (Wildman–Crippen LogP) is 0.862. The van der Waals surface area contributed by atoms with E-state index in [2.05, 4.69) is 44.2 Å². The second kappa shape index (κ2) is 8.14. The Labute approximate surface area is 169 Å². The van der Waals surface area contributed by atoms with Gasteiger partial charge in [-0.15, -0.1) is 0 Å². The van der Waals surface area contributed by atoms with Gasteiger partial charge in [0, 0.05) is 38.7 Å². The van der Waals surface area contributed by atoms with Gasteiger partial charge in [0.25, 0.3) is 5.56 Å². The Kier molecular flexibility index (Phi) is 5.41. The summed E-state index contributed by atoms with van der Waals surface area (Å²) in [5, 5.41) is 3.17. The molecular weight excluding hydrogens is 370 g/mol. The highest BCUT2D eigenvalue weighted by Gasteiger charge is 2.35. The van der Waals surface area contributed by atoms with E-state index < -0.39 is 0 Å². The summed E-state index contributed by atoms with van der Waals surface area (Å²) in [6.07, 6.45) is 3.57. The molecular formula is C20H25N7O2. The van der Waals surface area contributed by atoms with Crippen molar-refractivity contribution in [2.75, 3.05) is 44.5 Å². The number of fused-ring (bicyclic) bond motifs is 1. The number of ether oxygens (including phenoxy) is 1. The van der Waals surface area contributed by atoms with E-state index in [9.17, 15) is 4.79 Å². The van der Waals surface area contributed by atoms with Gasteiger partial charge in [-0.05, 0) is 32.3 Å². The van der Waals surface area contributed by atoms with Crippen molar-refractivity contribution in [1.82, 2.24) is 24.3 Å². The standard InChI is InChI=1S/C20H25N7O2/c1-25(2)15-12-26(13-16(15)29-3)17-7-8-21-20(24-17)22-11-14-10-19(28)27-9-5-4-6-18(27)23-14/h4-10,15-16H,11-13H2,1-3H3,(H,21,22,24)/t15-,16+/m0/s1. The summed E-state index contributed by atoms with van der Waals surface area (Å²) in [6.45, 7) is 1.98. The van der Waals surface area contributed by atoms with Crippen LogP contribution in [-0.2, 0) is 11.3 Å². The largest absolute Gasteiger partial charge is 0.378 e. The number of nitrogens with one attached hydrogen (secondary N) is 1. The molecule has 0 spiro atoms. The Morgan fingerprint density at radius 2 is 2.10 bits per heavy atom. The lowest BCUT2D eigenvalue weighted by molar-refractivity contribution is 0.0639. The third kappa shape index (κ3) is 4.06. The molecule has 3 aromatic rings. The van der Waals surface area contributed by atoms with E-state index in [0.29, 0.717) is 29.9 Å². The summed E-state index contributed by atoms with van der Waals surface area (Å²) in [5.41, 5.74) is 1.15. The zero-order chi connectivity index (χ0) is 20.4. The highest BCUT2D eigenvalue weighted by atomic mass is 16.5. The molecule has 1 fully saturated rings. The molecule has 0 radical (unpaired) electrons. The lowest BCUT2D eigenvalue weighted by atomic mass is 10.2. The van der Waals surface area contributed by atoms with Crippen molar-refractivity contribution in [3.8, 4) is 0 Å². The highest BCUT2D eigenvalue weighted by molar-refractivity contribution is 5.45. The number of aromatic nitrogens is 4. The number of rotatable bonds is 6. The number of methoxy groups -OCH3 is 1. The molecule has 0 amide bonds. The van der Waals surface area contributed by atoms with Crippen LogP contribution in [0.2, 0.25) is 0 Å². The van der Waals surface area contributed by atoms with Gasteiger partial charge in [-0.2, -0.15) is 4.98 Å². The number of anilines is 2. The number of likely N-dealkylation sites (N-methyl/N-ethyl adjacent to an activating group) is 1. The lowest BCUT2D eigenvalue weighted by Crippen LogP contribution is -2.39. The summed E-state index contributed by atoms with van der Waals surface area (Å²) in [7, 11) is 5.87. The highest BCUT2D eigenvalue weighted by Crippen LogP contribution is 2.23. The van der Waals surface area contributed by atoms with Crippen molar-refractivity contribution < 1.29 is 4.74 Å². The quantitative estimate of drug-likeness (QED) is 0.658. The minimum atomic E-state index is -0.112. The van der Waals surface area contributed by atoms with Crippen LogP contribution in [0.25, 0.3) is 5.65 Å². The van der Waals surface area contributed by atoms with Crippen LogP contribution in [0.3, 0.4) is 0 Å².